The first-order chi connectivity index (χ1) is 9.47. The molecule has 0 radical (unpaired) electrons. The Labute approximate surface area is 123 Å². The predicted octanol–water partition coefficient (Wildman–Crippen LogP) is 3.29. The van der Waals surface area contributed by atoms with Gasteiger partial charge in [0.15, 0.2) is 0 Å². The molecular weight excluding hydrogens is 280 g/mol. The molecule has 0 aliphatic rings. The molecule has 0 bridgehead atoms. The average molecular weight is 299 g/mol. The number of halogens is 1. The molecule has 110 valence electrons. The monoisotopic (exact) mass is 298 g/mol. The van der Waals surface area contributed by atoms with E-state index in [4.69, 9.17) is 11.6 Å². The van der Waals surface area contributed by atoms with E-state index >= 15 is 0 Å². The van der Waals surface area contributed by atoms with Crippen LogP contribution >= 0.6 is 11.6 Å². The van der Waals surface area contributed by atoms with Gasteiger partial charge < -0.3 is 5.32 Å². The highest BCUT2D eigenvalue weighted by molar-refractivity contribution is 6.18. The van der Waals surface area contributed by atoms with Crippen molar-refractivity contribution in [2.45, 2.75) is 26.7 Å². The van der Waals surface area contributed by atoms with E-state index in [-0.39, 0.29) is 11.3 Å². The number of nitrogens with one attached hydrogen (secondary N) is 1. The highest BCUT2D eigenvalue weighted by Gasteiger charge is 2.21. The zero-order valence-electron chi connectivity index (χ0n) is 11.7. The van der Waals surface area contributed by atoms with Gasteiger partial charge in [0.25, 0.3) is 11.6 Å². The molecule has 5 nitrogen and oxygen atoms in total. The molecule has 0 heterocycles. The normalized spacial score (nSPS) is 11.9. The lowest BCUT2D eigenvalue weighted by molar-refractivity contribution is -0.385. The zero-order chi connectivity index (χ0) is 15.1. The number of amides is 1. The van der Waals surface area contributed by atoms with Gasteiger partial charge in [0, 0.05) is 18.0 Å². The quantitative estimate of drug-likeness (QED) is 0.363. The molecule has 1 atom stereocenters. The lowest BCUT2D eigenvalue weighted by Crippen LogP contribution is -2.25. The van der Waals surface area contributed by atoms with Crippen LogP contribution in [0.4, 0.5) is 5.69 Å². The second kappa shape index (κ2) is 7.85. The van der Waals surface area contributed by atoms with Crippen LogP contribution in [0, 0.1) is 23.0 Å². The van der Waals surface area contributed by atoms with Crippen LogP contribution in [0.25, 0.3) is 0 Å². The van der Waals surface area contributed by atoms with Crippen molar-refractivity contribution >= 4 is 23.2 Å². The van der Waals surface area contributed by atoms with Crippen molar-refractivity contribution in [3.8, 4) is 0 Å². The standard InChI is InChI=1S/C14H19ClN2O3/c1-10(9-15)5-4-8-16-14(18)12-7-3-6-11(2)13(12)17(19)20/h3,6-7,10H,4-5,8-9H2,1-2H3,(H,16,18). The molecule has 1 aromatic rings. The predicted molar refractivity (Wildman–Crippen MR) is 79.3 cm³/mol. The lowest BCUT2D eigenvalue weighted by atomic mass is 10.1. The summed E-state index contributed by atoms with van der Waals surface area (Å²) in [6.07, 6.45) is 1.72. The fraction of sp³-hybridized carbons (Fsp3) is 0.500. The largest absolute Gasteiger partial charge is 0.352 e. The van der Waals surface area contributed by atoms with E-state index in [1.807, 2.05) is 6.92 Å². The van der Waals surface area contributed by atoms with Gasteiger partial charge in [0.1, 0.15) is 5.56 Å². The number of benzene rings is 1. The Morgan fingerprint density at radius 2 is 2.20 bits per heavy atom. The van der Waals surface area contributed by atoms with E-state index in [0.717, 1.165) is 12.8 Å². The van der Waals surface area contributed by atoms with E-state index < -0.39 is 10.8 Å². The van der Waals surface area contributed by atoms with Gasteiger partial charge in [-0.3, -0.25) is 14.9 Å². The number of para-hydroxylation sites is 1. The number of nitro benzene ring substituents is 1. The molecule has 1 amide bonds. The molecule has 1 rings (SSSR count). The highest BCUT2D eigenvalue weighted by atomic mass is 35.5. The van der Waals surface area contributed by atoms with Crippen LogP contribution in [-0.4, -0.2) is 23.3 Å². The SMILES string of the molecule is Cc1cccc(C(=O)NCCCC(C)CCl)c1[N+](=O)[O-]. The van der Waals surface area contributed by atoms with Gasteiger partial charge in [0.2, 0.25) is 0 Å². The van der Waals surface area contributed by atoms with E-state index in [0.29, 0.717) is 23.9 Å². The second-order valence-electron chi connectivity index (χ2n) is 4.89. The van der Waals surface area contributed by atoms with E-state index in [1.54, 1.807) is 19.1 Å². The van der Waals surface area contributed by atoms with Gasteiger partial charge in [-0.2, -0.15) is 0 Å². The number of carbonyl (C=O) groups is 1. The number of carbonyl (C=O) groups excluding carboxylic acids is 1. The number of hydrogen-bond donors (Lipinski definition) is 1. The number of rotatable bonds is 7. The Balaban J connectivity index is 2.64. The number of nitro groups is 1. The molecule has 0 aliphatic carbocycles. The van der Waals surface area contributed by atoms with Crippen LogP contribution in [0.1, 0.15) is 35.7 Å². The van der Waals surface area contributed by atoms with Crippen molar-refractivity contribution in [2.75, 3.05) is 12.4 Å². The first-order valence-corrected chi connectivity index (χ1v) is 7.09. The summed E-state index contributed by atoms with van der Waals surface area (Å²) in [5.41, 5.74) is 0.470. The van der Waals surface area contributed by atoms with E-state index in [2.05, 4.69) is 5.32 Å². The molecule has 1 N–H and O–H groups in total. The second-order valence-corrected chi connectivity index (χ2v) is 5.19. The van der Waals surface area contributed by atoms with Crippen molar-refractivity contribution in [3.63, 3.8) is 0 Å². The third-order valence-corrected chi connectivity index (χ3v) is 3.61. The topological polar surface area (TPSA) is 72.2 Å². The summed E-state index contributed by atoms with van der Waals surface area (Å²) in [4.78, 5) is 22.5. The van der Waals surface area contributed by atoms with Crippen molar-refractivity contribution in [3.05, 3.63) is 39.4 Å². The Bertz CT molecular complexity index is 491. The molecule has 0 aliphatic heterocycles. The van der Waals surface area contributed by atoms with Crippen molar-refractivity contribution in [2.24, 2.45) is 5.92 Å². The molecule has 6 heteroatoms. The summed E-state index contributed by atoms with van der Waals surface area (Å²) in [7, 11) is 0. The zero-order valence-corrected chi connectivity index (χ0v) is 12.4. The Hall–Kier alpha value is -1.62. The van der Waals surface area contributed by atoms with Crippen LogP contribution in [0.3, 0.4) is 0 Å². The maximum atomic E-state index is 12.0. The Morgan fingerprint density at radius 1 is 1.50 bits per heavy atom. The summed E-state index contributed by atoms with van der Waals surface area (Å²) in [6.45, 7) is 4.16. The molecule has 20 heavy (non-hydrogen) atoms. The summed E-state index contributed by atoms with van der Waals surface area (Å²) in [5.74, 6) is 0.595. The maximum absolute atomic E-state index is 12.0. The van der Waals surface area contributed by atoms with Gasteiger partial charge in [-0.05, 0) is 31.7 Å². The Kier molecular flexibility index (Phi) is 6.45. The smallest absolute Gasteiger partial charge is 0.285 e. The first-order valence-electron chi connectivity index (χ1n) is 6.55. The Morgan fingerprint density at radius 3 is 2.80 bits per heavy atom. The van der Waals surface area contributed by atoms with E-state index in [9.17, 15) is 14.9 Å². The minimum atomic E-state index is -0.514. The summed E-state index contributed by atoms with van der Waals surface area (Å²) >= 11 is 5.70. The minimum Gasteiger partial charge on any atom is -0.352 e. The fourth-order valence-electron chi connectivity index (χ4n) is 1.91. The number of aryl methyl sites for hydroxylation is 1. The van der Waals surface area contributed by atoms with Crippen LogP contribution in [0.2, 0.25) is 0 Å². The fourth-order valence-corrected chi connectivity index (χ4v) is 2.06. The van der Waals surface area contributed by atoms with Gasteiger partial charge in [0.05, 0.1) is 4.92 Å². The van der Waals surface area contributed by atoms with Gasteiger partial charge in [-0.15, -0.1) is 11.6 Å². The lowest BCUT2D eigenvalue weighted by Gasteiger charge is -2.09. The number of hydrogen-bond acceptors (Lipinski definition) is 3. The molecule has 0 fully saturated rings. The third kappa shape index (κ3) is 4.49. The van der Waals surface area contributed by atoms with Gasteiger partial charge in [-0.25, -0.2) is 0 Å². The molecule has 0 saturated heterocycles. The number of nitrogens with zero attached hydrogens (tertiary/aromatic N) is 1. The molecule has 1 aromatic carbocycles. The van der Waals surface area contributed by atoms with Crippen LogP contribution in [-0.2, 0) is 0 Å². The summed E-state index contributed by atoms with van der Waals surface area (Å²) in [6, 6.07) is 4.74. The maximum Gasteiger partial charge on any atom is 0.285 e. The van der Waals surface area contributed by atoms with Crippen LogP contribution in [0.15, 0.2) is 18.2 Å². The van der Waals surface area contributed by atoms with Crippen molar-refractivity contribution in [1.29, 1.82) is 0 Å². The third-order valence-electron chi connectivity index (χ3n) is 3.09. The molecule has 0 saturated carbocycles. The molecule has 1 unspecified atom stereocenters. The average Bonchev–Trinajstić information content (AvgIpc) is 2.42. The van der Waals surface area contributed by atoms with Crippen molar-refractivity contribution in [1.82, 2.24) is 5.32 Å². The minimum absolute atomic E-state index is 0.111. The van der Waals surface area contributed by atoms with Gasteiger partial charge >= 0.3 is 0 Å². The van der Waals surface area contributed by atoms with Crippen LogP contribution < -0.4 is 5.32 Å². The first kappa shape index (κ1) is 16.4. The highest BCUT2D eigenvalue weighted by Crippen LogP contribution is 2.22. The summed E-state index contributed by atoms with van der Waals surface area (Å²) in [5, 5.41) is 13.7. The van der Waals surface area contributed by atoms with Gasteiger partial charge in [-0.1, -0.05) is 19.1 Å². The van der Waals surface area contributed by atoms with Crippen molar-refractivity contribution < 1.29 is 9.72 Å². The summed E-state index contributed by atoms with van der Waals surface area (Å²) < 4.78 is 0. The molecule has 0 spiro atoms. The van der Waals surface area contributed by atoms with Crippen LogP contribution in [0.5, 0.6) is 0 Å². The molecule has 0 aromatic heterocycles. The van der Waals surface area contributed by atoms with E-state index in [1.165, 1.54) is 6.07 Å². The molecular formula is C14H19ClN2O3. The number of alkyl halides is 1.